The lowest BCUT2D eigenvalue weighted by Crippen LogP contribution is -2.54. The van der Waals surface area contributed by atoms with E-state index in [1.165, 1.54) is 25.7 Å². The lowest BCUT2D eigenvalue weighted by Gasteiger charge is -2.45. The molecule has 0 aromatic rings. The van der Waals surface area contributed by atoms with Crippen molar-refractivity contribution in [3.8, 4) is 0 Å². The Morgan fingerprint density at radius 3 is 2.35 bits per heavy atom. The van der Waals surface area contributed by atoms with Crippen LogP contribution in [0.5, 0.6) is 0 Å². The van der Waals surface area contributed by atoms with Crippen LogP contribution in [-0.4, -0.2) is 12.1 Å². The summed E-state index contributed by atoms with van der Waals surface area (Å²) >= 11 is 0. The maximum absolute atomic E-state index is 3.99. The zero-order valence-electron chi connectivity index (χ0n) is 12.6. The van der Waals surface area contributed by atoms with Gasteiger partial charge in [-0.3, -0.25) is 0 Å². The summed E-state index contributed by atoms with van der Waals surface area (Å²) < 4.78 is 0. The van der Waals surface area contributed by atoms with Crippen LogP contribution in [0, 0.1) is 22.7 Å². The lowest BCUT2D eigenvalue weighted by molar-refractivity contribution is 0.0928. The number of hydrogen-bond donors (Lipinski definition) is 1. The number of rotatable bonds is 4. The van der Waals surface area contributed by atoms with Gasteiger partial charge in [0.15, 0.2) is 0 Å². The zero-order valence-corrected chi connectivity index (χ0v) is 12.6. The molecule has 2 bridgehead atoms. The van der Waals surface area contributed by atoms with Crippen molar-refractivity contribution in [1.29, 1.82) is 0 Å². The van der Waals surface area contributed by atoms with Crippen LogP contribution in [-0.2, 0) is 0 Å². The maximum Gasteiger partial charge on any atom is 0.0177 e. The van der Waals surface area contributed by atoms with Crippen LogP contribution in [0.4, 0.5) is 0 Å². The lowest BCUT2D eigenvalue weighted by atomic mass is 9.68. The summed E-state index contributed by atoms with van der Waals surface area (Å²) in [4.78, 5) is 0. The first kappa shape index (κ1) is 13.4. The molecule has 2 aliphatic rings. The first-order valence-electron chi connectivity index (χ1n) is 7.57. The van der Waals surface area contributed by atoms with Crippen LogP contribution in [0.25, 0.3) is 0 Å². The molecule has 1 nitrogen and oxygen atoms in total. The van der Waals surface area contributed by atoms with Crippen molar-refractivity contribution in [1.82, 2.24) is 5.32 Å². The third-order valence-corrected chi connectivity index (χ3v) is 6.20. The van der Waals surface area contributed by atoms with Crippen molar-refractivity contribution in [2.75, 3.05) is 0 Å². The third kappa shape index (κ3) is 2.05. The molecule has 2 fully saturated rings. The molecule has 0 spiro atoms. The topological polar surface area (TPSA) is 12.0 Å². The molecule has 2 aliphatic carbocycles. The third-order valence-electron chi connectivity index (χ3n) is 6.20. The van der Waals surface area contributed by atoms with Gasteiger partial charge in [0.05, 0.1) is 0 Å². The summed E-state index contributed by atoms with van der Waals surface area (Å²) in [6.45, 7) is 14.5. The Balaban J connectivity index is 2.10. The molecule has 2 rings (SSSR count). The molecule has 1 heteroatoms. The second-order valence-electron chi connectivity index (χ2n) is 7.69. The molecular weight excluding hydrogens is 206 g/mol. The van der Waals surface area contributed by atoms with Gasteiger partial charge in [0.2, 0.25) is 0 Å². The second-order valence-corrected chi connectivity index (χ2v) is 7.69. The molecule has 0 aromatic carbocycles. The molecular formula is C16H31N. The van der Waals surface area contributed by atoms with E-state index in [0.29, 0.717) is 16.9 Å². The minimum absolute atomic E-state index is 0.495. The van der Waals surface area contributed by atoms with Gasteiger partial charge in [0, 0.05) is 12.1 Å². The van der Waals surface area contributed by atoms with Crippen LogP contribution in [0.1, 0.15) is 67.2 Å². The van der Waals surface area contributed by atoms with E-state index in [-0.39, 0.29) is 0 Å². The van der Waals surface area contributed by atoms with E-state index >= 15 is 0 Å². The van der Waals surface area contributed by atoms with E-state index in [1.54, 1.807) is 0 Å². The largest absolute Gasteiger partial charge is 0.310 e. The van der Waals surface area contributed by atoms with Crippen molar-refractivity contribution in [2.45, 2.75) is 79.3 Å². The summed E-state index contributed by atoms with van der Waals surface area (Å²) in [6.07, 6.45) is 5.62. The highest BCUT2D eigenvalue weighted by Crippen LogP contribution is 2.62. The monoisotopic (exact) mass is 237 g/mol. The number of fused-ring (bicyclic) bond motifs is 2. The molecule has 5 unspecified atom stereocenters. The first-order chi connectivity index (χ1) is 7.81. The Morgan fingerprint density at radius 2 is 1.88 bits per heavy atom. The Kier molecular flexibility index (Phi) is 3.36. The highest BCUT2D eigenvalue weighted by Gasteiger charge is 2.59. The fourth-order valence-corrected chi connectivity index (χ4v) is 4.50. The smallest absolute Gasteiger partial charge is 0.0177 e. The summed E-state index contributed by atoms with van der Waals surface area (Å²) in [5.74, 6) is 1.74. The summed E-state index contributed by atoms with van der Waals surface area (Å²) in [7, 11) is 0. The highest BCUT2D eigenvalue weighted by atomic mass is 15.0. The maximum atomic E-state index is 3.99. The molecule has 1 N–H and O–H groups in total. The van der Waals surface area contributed by atoms with Crippen LogP contribution < -0.4 is 5.32 Å². The molecule has 17 heavy (non-hydrogen) atoms. The van der Waals surface area contributed by atoms with Gasteiger partial charge in [-0.25, -0.2) is 0 Å². The molecule has 0 amide bonds. The van der Waals surface area contributed by atoms with Gasteiger partial charge >= 0.3 is 0 Å². The van der Waals surface area contributed by atoms with E-state index in [2.05, 4.69) is 46.9 Å². The molecule has 0 radical (unpaired) electrons. The van der Waals surface area contributed by atoms with Crippen LogP contribution in [0.2, 0.25) is 0 Å². The first-order valence-corrected chi connectivity index (χ1v) is 7.57. The summed E-state index contributed by atoms with van der Waals surface area (Å²) in [5.41, 5.74) is 1.06. The highest BCUT2D eigenvalue weighted by molar-refractivity contribution is 5.12. The number of nitrogens with one attached hydrogen (secondary N) is 1. The van der Waals surface area contributed by atoms with Gasteiger partial charge in [-0.15, -0.1) is 0 Å². The van der Waals surface area contributed by atoms with E-state index in [4.69, 9.17) is 0 Å². The molecule has 0 aliphatic heterocycles. The Hall–Kier alpha value is -0.0400. The van der Waals surface area contributed by atoms with Crippen molar-refractivity contribution in [3.63, 3.8) is 0 Å². The van der Waals surface area contributed by atoms with E-state index in [9.17, 15) is 0 Å². The second kappa shape index (κ2) is 4.26. The molecule has 0 aromatic heterocycles. The van der Waals surface area contributed by atoms with E-state index in [0.717, 1.165) is 17.9 Å². The Morgan fingerprint density at radius 1 is 1.24 bits per heavy atom. The van der Waals surface area contributed by atoms with Crippen molar-refractivity contribution in [3.05, 3.63) is 0 Å². The van der Waals surface area contributed by atoms with Crippen LogP contribution >= 0.6 is 0 Å². The van der Waals surface area contributed by atoms with E-state index < -0.39 is 0 Å². The van der Waals surface area contributed by atoms with Crippen LogP contribution in [0.15, 0.2) is 0 Å². The van der Waals surface area contributed by atoms with Gasteiger partial charge in [-0.1, -0.05) is 41.0 Å². The van der Waals surface area contributed by atoms with Crippen molar-refractivity contribution >= 4 is 0 Å². The normalized spacial score (nSPS) is 42.7. The molecule has 2 saturated carbocycles. The van der Waals surface area contributed by atoms with Gasteiger partial charge < -0.3 is 5.32 Å². The SMILES string of the molecule is CCC(C)C(C)NC1C2(C)CCC(C2)C1(C)C. The van der Waals surface area contributed by atoms with Crippen molar-refractivity contribution in [2.24, 2.45) is 22.7 Å². The predicted octanol–water partition coefficient (Wildman–Crippen LogP) is 4.23. The fraction of sp³-hybridized carbons (Fsp3) is 1.00. The zero-order chi connectivity index (χ0) is 12.8. The molecule has 100 valence electrons. The quantitative estimate of drug-likeness (QED) is 0.771. The van der Waals surface area contributed by atoms with Crippen LogP contribution in [0.3, 0.4) is 0 Å². The molecule has 0 saturated heterocycles. The predicted molar refractivity (Wildman–Crippen MR) is 75.1 cm³/mol. The van der Waals surface area contributed by atoms with Gasteiger partial charge in [-0.2, -0.15) is 0 Å². The summed E-state index contributed by atoms with van der Waals surface area (Å²) in [6, 6.07) is 1.37. The Bertz CT molecular complexity index is 278. The number of hydrogen-bond acceptors (Lipinski definition) is 1. The minimum Gasteiger partial charge on any atom is -0.310 e. The van der Waals surface area contributed by atoms with Crippen molar-refractivity contribution < 1.29 is 0 Å². The molecule has 0 heterocycles. The van der Waals surface area contributed by atoms with Gasteiger partial charge in [0.25, 0.3) is 0 Å². The molecule has 5 atom stereocenters. The standard InChI is InChI=1S/C16H31N/c1-7-11(2)12(3)17-14-15(4,5)13-8-9-16(14,6)10-13/h11-14,17H,7-10H2,1-6H3. The average molecular weight is 237 g/mol. The fourth-order valence-electron chi connectivity index (χ4n) is 4.50. The van der Waals surface area contributed by atoms with E-state index in [1.807, 2.05) is 0 Å². The van der Waals surface area contributed by atoms with Gasteiger partial charge in [0.1, 0.15) is 0 Å². The summed E-state index contributed by atoms with van der Waals surface area (Å²) in [5, 5.41) is 3.99. The Labute approximate surface area is 108 Å². The average Bonchev–Trinajstić information content (AvgIpc) is 2.74. The van der Waals surface area contributed by atoms with Gasteiger partial charge in [-0.05, 0) is 48.9 Å². The minimum atomic E-state index is 0.495.